The lowest BCUT2D eigenvalue weighted by Crippen LogP contribution is -2.39. The second-order valence-corrected chi connectivity index (χ2v) is 12.1. The van der Waals surface area contributed by atoms with E-state index in [0.717, 1.165) is 16.7 Å². The minimum atomic E-state index is -0.933. The van der Waals surface area contributed by atoms with Gasteiger partial charge in [-0.3, -0.25) is 14.4 Å². The highest BCUT2D eigenvalue weighted by molar-refractivity contribution is 7.80. The molecule has 0 aliphatic heterocycles. The maximum Gasteiger partial charge on any atom is 0.307 e. The standard InChI is InChI=1S/C33H38O6S3/c1-2-33(21-37-30(34)18-27(40)24-12-6-3-7-13-24,22-38-31(35)19-28(41)25-14-8-4-9-15-25)23-39-32(36)20-29(42)26-16-10-5-11-17-26/h3-17,27-29,40-42H,2,18-23H2,1H3. The third-order valence-electron chi connectivity index (χ3n) is 7.00. The summed E-state index contributed by atoms with van der Waals surface area (Å²) in [4.78, 5) is 38.3. The molecule has 3 rings (SSSR count). The van der Waals surface area contributed by atoms with Crippen LogP contribution in [0.4, 0.5) is 0 Å². The lowest BCUT2D eigenvalue weighted by Gasteiger charge is -2.31. The number of carbonyl (C=O) groups excluding carboxylic acids is 3. The highest BCUT2D eigenvalue weighted by Crippen LogP contribution is 2.30. The Labute approximate surface area is 264 Å². The average molecular weight is 627 g/mol. The SMILES string of the molecule is CCC(COC(=O)CC(S)c1ccccc1)(COC(=O)CC(S)c1ccccc1)COC(=O)CC(S)c1ccccc1. The topological polar surface area (TPSA) is 78.9 Å². The molecule has 0 saturated heterocycles. The third-order valence-corrected chi connectivity index (χ3v) is 8.44. The zero-order valence-corrected chi connectivity index (χ0v) is 26.3. The summed E-state index contributed by atoms with van der Waals surface area (Å²) in [7, 11) is 0. The first-order valence-corrected chi connectivity index (χ1v) is 15.4. The van der Waals surface area contributed by atoms with Crippen LogP contribution in [0.2, 0.25) is 0 Å². The predicted molar refractivity (Wildman–Crippen MR) is 174 cm³/mol. The average Bonchev–Trinajstić information content (AvgIpc) is 3.02. The predicted octanol–water partition coefficient (Wildman–Crippen LogP) is 7.20. The molecule has 0 fully saturated rings. The van der Waals surface area contributed by atoms with Crippen molar-refractivity contribution < 1.29 is 28.6 Å². The number of hydrogen-bond acceptors (Lipinski definition) is 9. The molecule has 3 aromatic rings. The van der Waals surface area contributed by atoms with E-state index in [1.54, 1.807) is 0 Å². The van der Waals surface area contributed by atoms with Crippen LogP contribution in [-0.4, -0.2) is 37.7 Å². The number of hydrogen-bond donors (Lipinski definition) is 3. The van der Waals surface area contributed by atoms with Crippen molar-refractivity contribution in [3.8, 4) is 0 Å². The van der Waals surface area contributed by atoms with Crippen molar-refractivity contribution in [1.82, 2.24) is 0 Å². The number of ether oxygens (including phenoxy) is 3. The van der Waals surface area contributed by atoms with E-state index < -0.39 is 23.3 Å². The Kier molecular flexibility index (Phi) is 13.8. The highest BCUT2D eigenvalue weighted by Gasteiger charge is 2.35. The lowest BCUT2D eigenvalue weighted by molar-refractivity contribution is -0.162. The molecule has 3 atom stereocenters. The molecule has 0 aliphatic rings. The van der Waals surface area contributed by atoms with E-state index in [-0.39, 0.29) is 54.8 Å². The van der Waals surface area contributed by atoms with Gasteiger partial charge in [-0.2, -0.15) is 37.9 Å². The van der Waals surface area contributed by atoms with Gasteiger partial charge in [0.2, 0.25) is 0 Å². The summed E-state index contributed by atoms with van der Waals surface area (Å²) in [5.41, 5.74) is 1.78. The molecule has 0 saturated carbocycles. The summed E-state index contributed by atoms with van der Waals surface area (Å²) in [5, 5.41) is -0.997. The quantitative estimate of drug-likeness (QED) is 0.0887. The lowest BCUT2D eigenvalue weighted by atomic mass is 9.88. The number of thiol groups is 3. The van der Waals surface area contributed by atoms with Gasteiger partial charge in [0.25, 0.3) is 0 Å². The van der Waals surface area contributed by atoms with Crippen LogP contribution in [0.3, 0.4) is 0 Å². The molecule has 0 N–H and O–H groups in total. The van der Waals surface area contributed by atoms with E-state index in [0.29, 0.717) is 6.42 Å². The molecule has 0 spiro atoms. The molecule has 0 bridgehead atoms. The largest absolute Gasteiger partial charge is 0.465 e. The van der Waals surface area contributed by atoms with E-state index in [2.05, 4.69) is 37.9 Å². The fourth-order valence-electron chi connectivity index (χ4n) is 4.16. The first kappa shape index (κ1) is 33.6. The molecule has 42 heavy (non-hydrogen) atoms. The fourth-order valence-corrected chi connectivity index (χ4v) is 5.13. The molecule has 3 aromatic carbocycles. The van der Waals surface area contributed by atoms with E-state index in [1.165, 1.54) is 0 Å². The molecule has 0 heterocycles. The Morgan fingerprint density at radius 1 is 0.548 bits per heavy atom. The maximum atomic E-state index is 12.8. The van der Waals surface area contributed by atoms with Crippen molar-refractivity contribution in [2.45, 2.75) is 48.4 Å². The molecule has 0 radical (unpaired) electrons. The van der Waals surface area contributed by atoms with Gasteiger partial charge >= 0.3 is 17.9 Å². The van der Waals surface area contributed by atoms with Gasteiger partial charge in [-0.25, -0.2) is 0 Å². The maximum absolute atomic E-state index is 12.8. The van der Waals surface area contributed by atoms with Gasteiger partial charge in [0.05, 0.1) is 24.7 Å². The molecule has 6 nitrogen and oxygen atoms in total. The van der Waals surface area contributed by atoms with Crippen molar-refractivity contribution in [2.75, 3.05) is 19.8 Å². The van der Waals surface area contributed by atoms with Gasteiger partial charge < -0.3 is 14.2 Å². The van der Waals surface area contributed by atoms with Crippen LogP contribution < -0.4 is 0 Å². The smallest absolute Gasteiger partial charge is 0.307 e. The van der Waals surface area contributed by atoms with Gasteiger partial charge in [-0.15, -0.1) is 0 Å². The summed E-state index contributed by atoms with van der Waals surface area (Å²) >= 11 is 13.7. The summed E-state index contributed by atoms with van der Waals surface area (Å²) < 4.78 is 17.0. The van der Waals surface area contributed by atoms with Gasteiger partial charge in [0.1, 0.15) is 19.8 Å². The van der Waals surface area contributed by atoms with Gasteiger partial charge in [0.15, 0.2) is 0 Å². The summed E-state index contributed by atoms with van der Waals surface area (Å²) in [6.07, 6.45) is 0.603. The number of esters is 3. The molecular formula is C33H38O6S3. The van der Waals surface area contributed by atoms with E-state index in [1.807, 2.05) is 97.9 Å². The molecule has 3 unspecified atom stereocenters. The molecule has 0 aromatic heterocycles. The van der Waals surface area contributed by atoms with Crippen LogP contribution in [0, 0.1) is 5.41 Å². The van der Waals surface area contributed by atoms with Crippen molar-refractivity contribution in [1.29, 1.82) is 0 Å². The first-order chi connectivity index (χ1) is 20.2. The third kappa shape index (κ3) is 11.1. The van der Waals surface area contributed by atoms with Crippen LogP contribution in [-0.2, 0) is 28.6 Å². The van der Waals surface area contributed by atoms with Crippen LogP contribution in [0.25, 0.3) is 0 Å². The van der Waals surface area contributed by atoms with Gasteiger partial charge in [-0.05, 0) is 23.1 Å². The molecule has 224 valence electrons. The van der Waals surface area contributed by atoms with E-state index >= 15 is 0 Å². The summed E-state index contributed by atoms with van der Waals surface area (Å²) in [6.45, 7) is 1.59. The number of rotatable bonds is 16. The second-order valence-electron chi connectivity index (χ2n) is 10.2. The zero-order chi connectivity index (χ0) is 30.4. The monoisotopic (exact) mass is 626 g/mol. The van der Waals surface area contributed by atoms with Crippen LogP contribution in [0.5, 0.6) is 0 Å². The highest BCUT2D eigenvalue weighted by atomic mass is 32.1. The minimum Gasteiger partial charge on any atom is -0.465 e. The Bertz CT molecular complexity index is 1100. The van der Waals surface area contributed by atoms with Gasteiger partial charge in [-0.1, -0.05) is 97.9 Å². The zero-order valence-electron chi connectivity index (χ0n) is 23.6. The molecular weight excluding hydrogens is 589 g/mol. The minimum absolute atomic E-state index is 0.0588. The van der Waals surface area contributed by atoms with Crippen molar-refractivity contribution in [3.05, 3.63) is 108 Å². The summed E-state index contributed by atoms with van der Waals surface area (Å²) in [5.74, 6) is -1.35. The van der Waals surface area contributed by atoms with Crippen LogP contribution in [0.15, 0.2) is 91.0 Å². The van der Waals surface area contributed by atoms with E-state index in [9.17, 15) is 14.4 Å². The van der Waals surface area contributed by atoms with Crippen LogP contribution >= 0.6 is 37.9 Å². The Hall–Kier alpha value is -2.88. The normalized spacial score (nSPS) is 14.6. The second kappa shape index (κ2) is 17.3. The molecule has 0 amide bonds. The molecule has 9 heteroatoms. The van der Waals surface area contributed by atoms with Crippen molar-refractivity contribution in [2.24, 2.45) is 5.41 Å². The summed E-state index contributed by atoms with van der Waals surface area (Å²) in [6, 6.07) is 28.4. The molecule has 0 aliphatic carbocycles. The first-order valence-electron chi connectivity index (χ1n) is 13.9. The Balaban J connectivity index is 1.63. The number of carbonyl (C=O) groups is 3. The van der Waals surface area contributed by atoms with E-state index in [4.69, 9.17) is 14.2 Å². The van der Waals surface area contributed by atoms with Crippen molar-refractivity contribution >= 4 is 55.8 Å². The number of benzene rings is 3. The fraction of sp³-hybridized carbons (Fsp3) is 0.364. The Morgan fingerprint density at radius 2 is 0.810 bits per heavy atom. The Morgan fingerprint density at radius 3 is 1.05 bits per heavy atom. The van der Waals surface area contributed by atoms with Crippen molar-refractivity contribution in [3.63, 3.8) is 0 Å². The van der Waals surface area contributed by atoms with Gasteiger partial charge in [0, 0.05) is 15.7 Å². The van der Waals surface area contributed by atoms with Crippen LogP contribution in [0.1, 0.15) is 65.0 Å².